The summed E-state index contributed by atoms with van der Waals surface area (Å²) in [5.74, 6) is -1.62. The van der Waals surface area contributed by atoms with E-state index in [1.165, 1.54) is 5.57 Å². The third kappa shape index (κ3) is 9.13. The number of thiazole rings is 1. The molecule has 0 bridgehead atoms. The fourth-order valence-corrected chi connectivity index (χ4v) is 5.42. The standard InChI is InChI=1S/C29H45NO6S/c1-18-9-7-10-22(11-8-14-31)12-13-24(19(2)15-23-17-37-21(4)30-23)36-26(33)16-25(32)29(5,6)28(35)20(3)27(18)34/h12,15,17-18,20,24-25,27,31-32,34H,7-11,13-14,16H2,1-6H3/b19-15+,22-12-/t18-,20+,24-,25+,27+/m1/s1. The Morgan fingerprint density at radius 2 is 1.97 bits per heavy atom. The van der Waals surface area contributed by atoms with E-state index in [9.17, 15) is 24.9 Å². The molecule has 1 aromatic rings. The quantitative estimate of drug-likeness (QED) is 0.358. The van der Waals surface area contributed by atoms with E-state index in [0.717, 1.165) is 42.0 Å². The molecule has 0 saturated carbocycles. The van der Waals surface area contributed by atoms with Gasteiger partial charge in [-0.25, -0.2) is 4.98 Å². The number of esters is 1. The maximum atomic E-state index is 13.3. The van der Waals surface area contributed by atoms with Gasteiger partial charge in [0.15, 0.2) is 0 Å². The molecule has 1 aromatic heterocycles. The molecule has 8 heteroatoms. The molecule has 0 unspecified atom stereocenters. The van der Waals surface area contributed by atoms with E-state index in [2.05, 4.69) is 11.1 Å². The molecule has 5 atom stereocenters. The molecule has 0 aromatic carbocycles. The lowest BCUT2D eigenvalue weighted by molar-refractivity contribution is -0.154. The molecule has 2 heterocycles. The lowest BCUT2D eigenvalue weighted by Gasteiger charge is -2.34. The minimum Gasteiger partial charge on any atom is -0.457 e. The molecule has 2 rings (SSSR count). The van der Waals surface area contributed by atoms with Gasteiger partial charge < -0.3 is 20.1 Å². The number of Topliss-reactive ketones (excluding diaryl/α,β-unsaturated/α-hetero) is 1. The number of ketones is 1. The van der Waals surface area contributed by atoms with Crippen LogP contribution in [-0.2, 0) is 14.3 Å². The summed E-state index contributed by atoms with van der Waals surface area (Å²) in [6.07, 6.45) is 5.30. The summed E-state index contributed by atoms with van der Waals surface area (Å²) in [7, 11) is 0. The Morgan fingerprint density at radius 1 is 1.27 bits per heavy atom. The second-order valence-corrected chi connectivity index (χ2v) is 12.1. The summed E-state index contributed by atoms with van der Waals surface area (Å²) in [6.45, 7) is 10.8. The van der Waals surface area contributed by atoms with Crippen LogP contribution in [0, 0.1) is 24.2 Å². The number of aliphatic hydroxyl groups is 3. The predicted octanol–water partition coefficient (Wildman–Crippen LogP) is 5.02. The number of cyclic esters (lactones) is 1. The van der Waals surface area contributed by atoms with Crippen molar-refractivity contribution in [3.8, 4) is 0 Å². The second-order valence-electron chi connectivity index (χ2n) is 11.0. The molecule has 1 aliphatic rings. The number of hydrogen-bond donors (Lipinski definition) is 3. The second kappa shape index (κ2) is 14.3. The van der Waals surface area contributed by atoms with Crippen LogP contribution in [0.3, 0.4) is 0 Å². The smallest absolute Gasteiger partial charge is 0.309 e. The zero-order chi connectivity index (χ0) is 27.8. The van der Waals surface area contributed by atoms with Crippen molar-refractivity contribution in [1.82, 2.24) is 4.98 Å². The Hall–Kier alpha value is -1.87. The molecule has 0 amide bonds. The number of rotatable bonds is 5. The highest BCUT2D eigenvalue weighted by atomic mass is 32.1. The number of aliphatic hydroxyl groups excluding tert-OH is 3. The fourth-order valence-electron chi connectivity index (χ4n) is 4.85. The van der Waals surface area contributed by atoms with Gasteiger partial charge in [0, 0.05) is 24.3 Å². The van der Waals surface area contributed by atoms with Gasteiger partial charge in [-0.3, -0.25) is 9.59 Å². The molecule has 0 aliphatic carbocycles. The first-order valence-corrected chi connectivity index (χ1v) is 14.2. The minimum absolute atomic E-state index is 0.0941. The first kappa shape index (κ1) is 31.3. The zero-order valence-corrected chi connectivity index (χ0v) is 24.0. The minimum atomic E-state index is -1.24. The van der Waals surface area contributed by atoms with Gasteiger partial charge in [-0.05, 0) is 63.5 Å². The van der Waals surface area contributed by atoms with Crippen LogP contribution in [0.2, 0.25) is 0 Å². The molecule has 0 radical (unpaired) electrons. The van der Waals surface area contributed by atoms with Gasteiger partial charge in [0.2, 0.25) is 0 Å². The van der Waals surface area contributed by atoms with Gasteiger partial charge in [-0.15, -0.1) is 11.3 Å². The van der Waals surface area contributed by atoms with Crippen LogP contribution in [0.15, 0.2) is 22.6 Å². The van der Waals surface area contributed by atoms with Gasteiger partial charge in [0.25, 0.3) is 0 Å². The zero-order valence-electron chi connectivity index (χ0n) is 23.2. The lowest BCUT2D eigenvalue weighted by Crippen LogP contribution is -2.45. The summed E-state index contributed by atoms with van der Waals surface area (Å²) >= 11 is 1.55. The predicted molar refractivity (Wildman–Crippen MR) is 147 cm³/mol. The highest BCUT2D eigenvalue weighted by molar-refractivity contribution is 7.09. The first-order valence-electron chi connectivity index (χ1n) is 13.4. The molecule has 0 fully saturated rings. The van der Waals surface area contributed by atoms with Gasteiger partial charge in [-0.1, -0.05) is 39.3 Å². The number of carbonyl (C=O) groups is 2. The van der Waals surface area contributed by atoms with Gasteiger partial charge in [0.05, 0.1) is 34.7 Å². The fraction of sp³-hybridized carbons (Fsp3) is 0.690. The highest BCUT2D eigenvalue weighted by Gasteiger charge is 2.42. The van der Waals surface area contributed by atoms with Crippen molar-refractivity contribution in [1.29, 1.82) is 0 Å². The van der Waals surface area contributed by atoms with Crippen LogP contribution in [0.1, 0.15) is 90.3 Å². The number of nitrogens with zero attached hydrogens (tertiary/aromatic N) is 1. The monoisotopic (exact) mass is 535 g/mol. The van der Waals surface area contributed by atoms with E-state index in [-0.39, 0.29) is 24.7 Å². The number of aromatic nitrogens is 1. The van der Waals surface area contributed by atoms with Gasteiger partial charge in [0.1, 0.15) is 11.9 Å². The maximum absolute atomic E-state index is 13.3. The van der Waals surface area contributed by atoms with Crippen LogP contribution in [0.5, 0.6) is 0 Å². The average Bonchev–Trinajstić information content (AvgIpc) is 3.26. The van der Waals surface area contributed by atoms with E-state index < -0.39 is 35.6 Å². The van der Waals surface area contributed by atoms with Crippen LogP contribution in [0.25, 0.3) is 6.08 Å². The third-order valence-corrected chi connectivity index (χ3v) is 8.36. The van der Waals surface area contributed by atoms with Crippen molar-refractivity contribution in [3.63, 3.8) is 0 Å². The van der Waals surface area contributed by atoms with E-state index in [0.29, 0.717) is 12.8 Å². The van der Waals surface area contributed by atoms with E-state index in [1.54, 1.807) is 32.1 Å². The molecule has 3 N–H and O–H groups in total. The normalized spacial score (nSPS) is 30.5. The summed E-state index contributed by atoms with van der Waals surface area (Å²) in [5.41, 5.74) is 1.60. The molecular weight excluding hydrogens is 490 g/mol. The van der Waals surface area contributed by atoms with E-state index in [1.807, 2.05) is 32.2 Å². The maximum Gasteiger partial charge on any atom is 0.309 e. The number of aryl methyl sites for hydroxylation is 1. The summed E-state index contributed by atoms with van der Waals surface area (Å²) in [5, 5.41) is 34.0. The Balaban J connectivity index is 2.40. The van der Waals surface area contributed by atoms with E-state index >= 15 is 0 Å². The summed E-state index contributed by atoms with van der Waals surface area (Å²) in [4.78, 5) is 30.7. The number of allylic oxidation sites excluding steroid dienone is 1. The molecule has 1 aliphatic heterocycles. The Bertz CT molecular complexity index is 965. The van der Waals surface area contributed by atoms with Crippen molar-refractivity contribution in [2.24, 2.45) is 17.3 Å². The molecule has 37 heavy (non-hydrogen) atoms. The number of hydrogen-bond acceptors (Lipinski definition) is 8. The Morgan fingerprint density at radius 3 is 2.59 bits per heavy atom. The largest absolute Gasteiger partial charge is 0.457 e. The van der Waals surface area contributed by atoms with Crippen LogP contribution < -0.4 is 0 Å². The molecular formula is C29H45NO6S. The van der Waals surface area contributed by atoms with E-state index in [4.69, 9.17) is 4.74 Å². The topological polar surface area (TPSA) is 117 Å². The molecule has 208 valence electrons. The van der Waals surface area contributed by atoms with Crippen molar-refractivity contribution in [2.75, 3.05) is 6.61 Å². The van der Waals surface area contributed by atoms with Crippen LogP contribution >= 0.6 is 11.3 Å². The SMILES string of the molecule is C/C(=C\c1csc(C)n1)[C@H]1C/C=C(\CCCO)CCC[C@@H](C)[C@H](O)[C@H](C)C(=O)C(C)(C)[C@@H](O)CC(=O)O1. The van der Waals surface area contributed by atoms with Crippen molar-refractivity contribution in [3.05, 3.63) is 33.3 Å². The first-order chi connectivity index (χ1) is 17.4. The number of ether oxygens (including phenoxy) is 1. The van der Waals surface area contributed by atoms with Crippen LogP contribution in [0.4, 0.5) is 0 Å². The Labute approximate surface area is 225 Å². The lowest BCUT2D eigenvalue weighted by atomic mass is 9.73. The summed E-state index contributed by atoms with van der Waals surface area (Å²) < 4.78 is 5.86. The highest BCUT2D eigenvalue weighted by Crippen LogP contribution is 2.32. The van der Waals surface area contributed by atoms with Gasteiger partial charge in [-0.2, -0.15) is 0 Å². The number of carbonyl (C=O) groups excluding carboxylic acids is 2. The average molecular weight is 536 g/mol. The Kier molecular flexibility index (Phi) is 12.1. The van der Waals surface area contributed by atoms with Crippen molar-refractivity contribution >= 4 is 29.2 Å². The molecule has 7 nitrogen and oxygen atoms in total. The molecule has 0 spiro atoms. The molecule has 0 saturated heterocycles. The van der Waals surface area contributed by atoms with Crippen molar-refractivity contribution < 1.29 is 29.6 Å². The van der Waals surface area contributed by atoms with Crippen molar-refractivity contribution in [2.45, 2.75) is 105 Å². The van der Waals surface area contributed by atoms with Gasteiger partial charge >= 0.3 is 5.97 Å². The third-order valence-electron chi connectivity index (χ3n) is 7.56. The summed E-state index contributed by atoms with van der Waals surface area (Å²) in [6, 6.07) is 0. The van der Waals surface area contributed by atoms with Crippen LogP contribution in [-0.4, -0.2) is 57.0 Å².